The number of benzene rings is 1. The maximum atomic E-state index is 13.5. The number of carbonyl (C=O) groups excluding carboxylic acids is 2. The first-order chi connectivity index (χ1) is 14.0. The molecule has 1 N–H and O–H groups in total. The number of nitrogens with zero attached hydrogens (tertiary/aromatic N) is 3. The number of amides is 1. The number of hydrogen-bond donors (Lipinski definition) is 1. The van der Waals surface area contributed by atoms with Gasteiger partial charge in [-0.1, -0.05) is 30.3 Å². The molecule has 2 unspecified atom stereocenters. The minimum atomic E-state index is -2.05. The summed E-state index contributed by atoms with van der Waals surface area (Å²) >= 11 is 0. The molecule has 158 valence electrons. The van der Waals surface area contributed by atoms with Crippen LogP contribution in [0.4, 0.5) is 0 Å². The van der Waals surface area contributed by atoms with Crippen LogP contribution in [-0.2, 0) is 19.7 Å². The van der Waals surface area contributed by atoms with Crippen LogP contribution in [0.3, 0.4) is 0 Å². The zero-order valence-corrected chi connectivity index (χ0v) is 18.3. The van der Waals surface area contributed by atoms with Gasteiger partial charge >= 0.3 is 5.97 Å². The first kappa shape index (κ1) is 23.0. The fraction of sp³-hybridized carbons (Fsp3) is 0.435. The van der Waals surface area contributed by atoms with Gasteiger partial charge < -0.3 is 10.1 Å². The van der Waals surface area contributed by atoms with Crippen molar-refractivity contribution >= 4 is 11.9 Å². The van der Waals surface area contributed by atoms with E-state index < -0.39 is 28.7 Å². The number of rotatable bonds is 6. The number of ether oxygens (including phenoxy) is 1. The molecule has 0 fully saturated rings. The summed E-state index contributed by atoms with van der Waals surface area (Å²) in [6, 6.07) is 12.5. The highest BCUT2D eigenvalue weighted by atomic mass is 16.5. The molecule has 0 aliphatic rings. The van der Waals surface area contributed by atoms with Crippen LogP contribution in [0.1, 0.15) is 56.4 Å². The lowest BCUT2D eigenvalue weighted by Crippen LogP contribution is -2.53. The molecule has 2 aromatic rings. The summed E-state index contributed by atoms with van der Waals surface area (Å²) in [4.78, 5) is 35.6. The van der Waals surface area contributed by atoms with Gasteiger partial charge in [0.15, 0.2) is 5.82 Å². The zero-order valence-electron chi connectivity index (χ0n) is 18.3. The molecule has 2 rings (SSSR count). The van der Waals surface area contributed by atoms with Gasteiger partial charge in [0, 0.05) is 16.9 Å². The van der Waals surface area contributed by atoms with Crippen LogP contribution in [0.2, 0.25) is 0 Å². The summed E-state index contributed by atoms with van der Waals surface area (Å²) in [6.45, 7) is 10.7. The number of aryl methyl sites for hydroxylation is 2. The Morgan fingerprint density at radius 3 is 2.17 bits per heavy atom. The average Bonchev–Trinajstić information content (AvgIpc) is 2.64. The van der Waals surface area contributed by atoms with Gasteiger partial charge in [0.05, 0.1) is 18.6 Å². The van der Waals surface area contributed by atoms with Crippen LogP contribution in [0.15, 0.2) is 36.4 Å². The Morgan fingerprint density at radius 1 is 1.13 bits per heavy atom. The lowest BCUT2D eigenvalue weighted by Gasteiger charge is -2.33. The normalized spacial score (nSPS) is 14.2. The molecule has 0 spiro atoms. The highest BCUT2D eigenvalue weighted by Crippen LogP contribution is 2.39. The number of esters is 1. The minimum absolute atomic E-state index is 0.0427. The number of aromatic nitrogens is 2. The molecule has 7 heteroatoms. The van der Waals surface area contributed by atoms with Crippen LogP contribution >= 0.6 is 0 Å². The first-order valence-electron chi connectivity index (χ1n) is 9.83. The number of hydrogen-bond acceptors (Lipinski definition) is 6. The molecule has 1 aromatic heterocycles. The van der Waals surface area contributed by atoms with Crippen molar-refractivity contribution in [1.82, 2.24) is 15.3 Å². The van der Waals surface area contributed by atoms with E-state index in [9.17, 15) is 14.9 Å². The van der Waals surface area contributed by atoms with Crippen molar-refractivity contribution < 1.29 is 14.3 Å². The van der Waals surface area contributed by atoms with Gasteiger partial charge in [0.1, 0.15) is 0 Å². The Labute approximate surface area is 177 Å². The Bertz CT molecular complexity index is 940. The summed E-state index contributed by atoms with van der Waals surface area (Å²) in [7, 11) is 0. The smallest absolute Gasteiger partial charge is 0.335 e. The SMILES string of the molecule is CCOC(=O)C(C#N)(c1nc(C)cc(C)n1)C(C(=O)NC(C)(C)C)c1ccccc1. The van der Waals surface area contributed by atoms with Gasteiger partial charge in [-0.15, -0.1) is 0 Å². The number of nitriles is 1. The molecule has 0 radical (unpaired) electrons. The minimum Gasteiger partial charge on any atom is -0.464 e. The summed E-state index contributed by atoms with van der Waals surface area (Å²) in [5.41, 5.74) is -0.960. The van der Waals surface area contributed by atoms with Crippen LogP contribution < -0.4 is 5.32 Å². The molecule has 0 bridgehead atoms. The van der Waals surface area contributed by atoms with E-state index in [0.29, 0.717) is 17.0 Å². The van der Waals surface area contributed by atoms with Crippen LogP contribution in [-0.4, -0.2) is 34.0 Å². The molecular weight excluding hydrogens is 380 g/mol. The van der Waals surface area contributed by atoms with Crippen molar-refractivity contribution in [3.63, 3.8) is 0 Å². The second-order valence-electron chi connectivity index (χ2n) is 8.20. The Morgan fingerprint density at radius 2 is 1.70 bits per heavy atom. The fourth-order valence-electron chi connectivity index (χ4n) is 3.33. The van der Waals surface area contributed by atoms with Gasteiger partial charge in [0.2, 0.25) is 11.3 Å². The van der Waals surface area contributed by atoms with Gasteiger partial charge in [-0.3, -0.25) is 4.79 Å². The fourth-order valence-corrected chi connectivity index (χ4v) is 3.33. The zero-order chi connectivity index (χ0) is 22.5. The molecular formula is C23H28N4O3. The van der Waals surface area contributed by atoms with E-state index in [1.807, 2.05) is 20.8 Å². The monoisotopic (exact) mass is 408 g/mol. The van der Waals surface area contributed by atoms with Crippen LogP contribution in [0.25, 0.3) is 0 Å². The van der Waals surface area contributed by atoms with E-state index in [2.05, 4.69) is 21.4 Å². The molecule has 2 atom stereocenters. The van der Waals surface area contributed by atoms with Crippen LogP contribution in [0, 0.1) is 25.2 Å². The Kier molecular flexibility index (Phi) is 6.93. The number of nitrogens with one attached hydrogen (secondary N) is 1. The third kappa shape index (κ3) is 4.82. The second kappa shape index (κ2) is 9.04. The maximum Gasteiger partial charge on any atom is 0.335 e. The lowest BCUT2D eigenvalue weighted by molar-refractivity contribution is -0.151. The topological polar surface area (TPSA) is 105 Å². The third-order valence-corrected chi connectivity index (χ3v) is 4.44. The number of carbonyl (C=O) groups is 2. The largest absolute Gasteiger partial charge is 0.464 e. The second-order valence-corrected chi connectivity index (χ2v) is 8.20. The van der Waals surface area contributed by atoms with Crippen molar-refractivity contribution in [3.8, 4) is 6.07 Å². The lowest BCUT2D eigenvalue weighted by atomic mass is 9.71. The van der Waals surface area contributed by atoms with Crippen LogP contribution in [0.5, 0.6) is 0 Å². The molecule has 1 aromatic carbocycles. The molecule has 0 aliphatic carbocycles. The summed E-state index contributed by atoms with van der Waals surface area (Å²) < 4.78 is 5.29. The summed E-state index contributed by atoms with van der Waals surface area (Å²) in [5, 5.41) is 13.3. The Balaban J connectivity index is 2.86. The van der Waals surface area contributed by atoms with Gasteiger partial charge in [-0.05, 0) is 53.2 Å². The first-order valence-corrected chi connectivity index (χ1v) is 9.83. The van der Waals surface area contributed by atoms with E-state index in [-0.39, 0.29) is 12.4 Å². The van der Waals surface area contributed by atoms with E-state index in [1.54, 1.807) is 57.2 Å². The summed E-state index contributed by atoms with van der Waals surface area (Å²) in [5.74, 6) is -2.58. The quantitative estimate of drug-likeness (QED) is 0.736. The molecule has 0 saturated heterocycles. The molecule has 30 heavy (non-hydrogen) atoms. The van der Waals surface area contributed by atoms with Crippen molar-refractivity contribution in [2.45, 2.75) is 58.4 Å². The molecule has 0 saturated carbocycles. The van der Waals surface area contributed by atoms with Crippen molar-refractivity contribution in [2.75, 3.05) is 6.61 Å². The van der Waals surface area contributed by atoms with Gasteiger partial charge in [0.25, 0.3) is 0 Å². The standard InChI is InChI=1S/C23H28N4O3/c1-7-30-21(29)23(14-24,20-25-15(2)13-16(3)26-20)18(17-11-9-8-10-12-17)19(28)27-22(4,5)6/h8-13,18H,7H2,1-6H3,(H,27,28). The molecule has 0 aliphatic heterocycles. The van der Waals surface area contributed by atoms with E-state index in [0.717, 1.165) is 0 Å². The summed E-state index contributed by atoms with van der Waals surface area (Å²) in [6.07, 6.45) is 0. The average molecular weight is 409 g/mol. The van der Waals surface area contributed by atoms with Gasteiger partial charge in [-0.25, -0.2) is 14.8 Å². The molecule has 1 amide bonds. The highest BCUT2D eigenvalue weighted by Gasteiger charge is 2.56. The van der Waals surface area contributed by atoms with Gasteiger partial charge in [-0.2, -0.15) is 5.26 Å². The van der Waals surface area contributed by atoms with E-state index in [4.69, 9.17) is 4.74 Å². The van der Waals surface area contributed by atoms with Crippen molar-refractivity contribution in [3.05, 3.63) is 59.2 Å². The molecule has 1 heterocycles. The predicted molar refractivity (Wildman–Crippen MR) is 113 cm³/mol. The van der Waals surface area contributed by atoms with Crippen molar-refractivity contribution in [1.29, 1.82) is 5.26 Å². The molecule has 7 nitrogen and oxygen atoms in total. The van der Waals surface area contributed by atoms with E-state index >= 15 is 0 Å². The maximum absolute atomic E-state index is 13.5. The highest BCUT2D eigenvalue weighted by molar-refractivity contribution is 5.98. The Hall–Kier alpha value is -3.27. The predicted octanol–water partition coefficient (Wildman–Crippen LogP) is 3.12. The van der Waals surface area contributed by atoms with Crippen molar-refractivity contribution in [2.24, 2.45) is 0 Å². The third-order valence-electron chi connectivity index (χ3n) is 4.44. The van der Waals surface area contributed by atoms with E-state index in [1.165, 1.54) is 0 Å².